The Kier molecular flexibility index (Phi) is 3.96. The lowest BCUT2D eigenvalue weighted by Gasteiger charge is -2.24. The first-order valence-electron chi connectivity index (χ1n) is 9.79. The summed E-state index contributed by atoms with van der Waals surface area (Å²) in [6, 6.07) is 17.5. The van der Waals surface area contributed by atoms with Gasteiger partial charge in [0.05, 0.1) is 0 Å². The van der Waals surface area contributed by atoms with E-state index in [1.54, 1.807) is 0 Å². The Morgan fingerprint density at radius 3 is 2.11 bits per heavy atom. The van der Waals surface area contributed by atoms with Crippen LogP contribution in [0.2, 0.25) is 0 Å². The number of allylic oxidation sites excluding steroid dienone is 6. The summed E-state index contributed by atoms with van der Waals surface area (Å²) in [6.07, 6.45) is 6.85. The van der Waals surface area contributed by atoms with Gasteiger partial charge in [-0.1, -0.05) is 82.3 Å². The molecular formula is C26H29N. The molecule has 0 radical (unpaired) electrons. The molecule has 0 N–H and O–H groups in total. The maximum atomic E-state index is 2.33. The van der Waals surface area contributed by atoms with Gasteiger partial charge in [-0.15, -0.1) is 0 Å². The number of fused-ring (bicyclic) bond motifs is 2. The molecule has 0 unspecified atom stereocenters. The van der Waals surface area contributed by atoms with Crippen molar-refractivity contribution in [2.75, 3.05) is 11.9 Å². The van der Waals surface area contributed by atoms with Gasteiger partial charge >= 0.3 is 0 Å². The first-order chi connectivity index (χ1) is 12.8. The maximum Gasteiger partial charge on any atom is 0.0447 e. The molecule has 2 aromatic rings. The average molecular weight is 356 g/mol. The molecule has 4 rings (SSSR count). The second kappa shape index (κ2) is 5.99. The van der Waals surface area contributed by atoms with Crippen LogP contribution in [0.5, 0.6) is 0 Å². The largest absolute Gasteiger partial charge is 0.347 e. The molecule has 0 saturated carbocycles. The number of hydrogen-bond donors (Lipinski definition) is 0. The van der Waals surface area contributed by atoms with E-state index in [2.05, 4.69) is 113 Å². The van der Waals surface area contributed by atoms with Gasteiger partial charge in [0.1, 0.15) is 0 Å². The van der Waals surface area contributed by atoms with Crippen molar-refractivity contribution in [1.82, 2.24) is 0 Å². The van der Waals surface area contributed by atoms with Crippen LogP contribution in [0.1, 0.15) is 51.3 Å². The van der Waals surface area contributed by atoms with E-state index in [0.717, 1.165) is 0 Å². The van der Waals surface area contributed by atoms with Gasteiger partial charge in [-0.2, -0.15) is 0 Å². The fourth-order valence-electron chi connectivity index (χ4n) is 4.98. The summed E-state index contributed by atoms with van der Waals surface area (Å²) in [5.74, 6) is 0. The van der Waals surface area contributed by atoms with Gasteiger partial charge in [0.15, 0.2) is 0 Å². The highest BCUT2D eigenvalue weighted by molar-refractivity contribution is 5.81. The molecule has 0 bridgehead atoms. The molecule has 0 aromatic heterocycles. The smallest absolute Gasteiger partial charge is 0.0447 e. The lowest BCUT2D eigenvalue weighted by Crippen LogP contribution is -2.22. The van der Waals surface area contributed by atoms with Crippen LogP contribution < -0.4 is 4.90 Å². The molecule has 0 amide bonds. The molecule has 1 aliphatic carbocycles. The summed E-state index contributed by atoms with van der Waals surface area (Å²) in [5.41, 5.74) is 9.75. The van der Waals surface area contributed by atoms with Crippen LogP contribution in [0.3, 0.4) is 0 Å². The Balaban J connectivity index is 1.70. The third kappa shape index (κ3) is 2.52. The first-order valence-corrected chi connectivity index (χ1v) is 9.79. The first kappa shape index (κ1) is 17.9. The molecule has 2 aliphatic rings. The highest BCUT2D eigenvalue weighted by Gasteiger charge is 2.38. The molecule has 0 atom stereocenters. The van der Waals surface area contributed by atoms with E-state index in [9.17, 15) is 0 Å². The average Bonchev–Trinajstić information content (AvgIpc) is 2.96. The van der Waals surface area contributed by atoms with E-state index in [1.165, 1.54) is 39.2 Å². The van der Waals surface area contributed by atoms with E-state index in [-0.39, 0.29) is 10.8 Å². The zero-order chi connectivity index (χ0) is 19.4. The van der Waals surface area contributed by atoms with Crippen molar-refractivity contribution in [3.05, 3.63) is 94.7 Å². The summed E-state index contributed by atoms with van der Waals surface area (Å²) in [5, 5.41) is 0. The molecule has 2 aromatic carbocycles. The van der Waals surface area contributed by atoms with Crippen molar-refractivity contribution < 1.29 is 0 Å². The topological polar surface area (TPSA) is 3.24 Å². The molecule has 0 spiro atoms. The lowest BCUT2D eigenvalue weighted by atomic mass is 9.81. The van der Waals surface area contributed by atoms with Crippen LogP contribution in [-0.4, -0.2) is 7.05 Å². The van der Waals surface area contributed by atoms with Crippen LogP contribution in [-0.2, 0) is 10.8 Å². The molecule has 1 aliphatic heterocycles. The van der Waals surface area contributed by atoms with Crippen LogP contribution in [0, 0.1) is 0 Å². The Morgan fingerprint density at radius 2 is 1.44 bits per heavy atom. The number of benzene rings is 2. The van der Waals surface area contributed by atoms with E-state index in [1.807, 2.05) is 0 Å². The van der Waals surface area contributed by atoms with Crippen molar-refractivity contribution in [1.29, 1.82) is 0 Å². The SMILES string of the molecule is CC1=C(C=CC=C2N(C)c3ccccc3C2(C)C)C(C)(C)c2ccccc21. The van der Waals surface area contributed by atoms with E-state index < -0.39 is 0 Å². The highest BCUT2D eigenvalue weighted by Crippen LogP contribution is 2.48. The molecule has 27 heavy (non-hydrogen) atoms. The molecule has 1 nitrogen and oxygen atoms in total. The quantitative estimate of drug-likeness (QED) is 0.585. The van der Waals surface area contributed by atoms with Gasteiger partial charge < -0.3 is 4.90 Å². The van der Waals surface area contributed by atoms with Gasteiger partial charge in [0, 0.05) is 29.3 Å². The fraction of sp³-hybridized carbons (Fsp3) is 0.308. The number of likely N-dealkylation sites (N-methyl/N-ethyl adjacent to an activating group) is 1. The van der Waals surface area contributed by atoms with Crippen molar-refractivity contribution in [3.63, 3.8) is 0 Å². The van der Waals surface area contributed by atoms with Crippen molar-refractivity contribution in [2.45, 2.75) is 45.4 Å². The van der Waals surface area contributed by atoms with Crippen molar-refractivity contribution in [3.8, 4) is 0 Å². The van der Waals surface area contributed by atoms with E-state index in [4.69, 9.17) is 0 Å². The lowest BCUT2D eigenvalue weighted by molar-refractivity contribution is 0.640. The third-order valence-corrected chi connectivity index (χ3v) is 6.54. The summed E-state index contributed by atoms with van der Waals surface area (Å²) in [7, 11) is 2.17. The normalized spacial score (nSPS) is 21.3. The minimum atomic E-state index is 0.0211. The zero-order valence-corrected chi connectivity index (χ0v) is 17.3. The Labute approximate surface area is 163 Å². The monoisotopic (exact) mass is 355 g/mol. The van der Waals surface area contributed by atoms with Crippen LogP contribution >= 0.6 is 0 Å². The molecule has 138 valence electrons. The number of nitrogens with zero attached hydrogens (tertiary/aromatic N) is 1. The summed E-state index contributed by atoms with van der Waals surface area (Å²) < 4.78 is 0. The summed E-state index contributed by atoms with van der Waals surface area (Å²) in [6.45, 7) is 11.5. The highest BCUT2D eigenvalue weighted by atomic mass is 15.2. The maximum absolute atomic E-state index is 2.33. The number of rotatable bonds is 2. The minimum Gasteiger partial charge on any atom is -0.347 e. The van der Waals surface area contributed by atoms with Gasteiger partial charge in [-0.25, -0.2) is 0 Å². The van der Waals surface area contributed by atoms with Gasteiger partial charge in [-0.3, -0.25) is 0 Å². The fourth-order valence-corrected chi connectivity index (χ4v) is 4.98. The Hall–Kier alpha value is -2.54. The summed E-state index contributed by atoms with van der Waals surface area (Å²) >= 11 is 0. The number of anilines is 1. The zero-order valence-electron chi connectivity index (χ0n) is 17.3. The van der Waals surface area contributed by atoms with Crippen molar-refractivity contribution in [2.24, 2.45) is 0 Å². The molecule has 1 heteroatoms. The number of hydrogen-bond acceptors (Lipinski definition) is 1. The molecule has 0 fully saturated rings. The minimum absolute atomic E-state index is 0.0211. The van der Waals surface area contributed by atoms with Crippen LogP contribution in [0.4, 0.5) is 5.69 Å². The number of para-hydroxylation sites is 1. The Morgan fingerprint density at radius 1 is 0.815 bits per heavy atom. The van der Waals surface area contributed by atoms with E-state index in [0.29, 0.717) is 0 Å². The van der Waals surface area contributed by atoms with Crippen molar-refractivity contribution >= 4 is 11.3 Å². The second-order valence-electron chi connectivity index (χ2n) is 8.82. The van der Waals surface area contributed by atoms with E-state index >= 15 is 0 Å². The second-order valence-corrected chi connectivity index (χ2v) is 8.82. The predicted molar refractivity (Wildman–Crippen MR) is 117 cm³/mol. The standard InChI is InChI=1S/C26H29N/c1-18-19-12-7-8-13-21(19)25(2,3)20(18)15-11-17-24-26(4,5)22-14-9-10-16-23(22)27(24)6/h7-17H,1-6H3. The molecule has 0 saturated heterocycles. The third-order valence-electron chi connectivity index (χ3n) is 6.54. The summed E-state index contributed by atoms with van der Waals surface area (Å²) in [4.78, 5) is 2.33. The predicted octanol–water partition coefficient (Wildman–Crippen LogP) is 6.62. The van der Waals surface area contributed by atoms with Gasteiger partial charge in [0.25, 0.3) is 0 Å². The van der Waals surface area contributed by atoms with Crippen LogP contribution in [0.25, 0.3) is 5.57 Å². The van der Waals surface area contributed by atoms with Gasteiger partial charge in [-0.05, 0) is 46.9 Å². The Bertz CT molecular complexity index is 998. The molecular weight excluding hydrogens is 326 g/mol. The van der Waals surface area contributed by atoms with Crippen LogP contribution in [0.15, 0.2) is 78.0 Å². The molecule has 1 heterocycles. The van der Waals surface area contributed by atoms with Gasteiger partial charge in [0.2, 0.25) is 0 Å².